The summed E-state index contributed by atoms with van der Waals surface area (Å²) in [5.74, 6) is 5.91. The number of nitrogens with zero attached hydrogens (tertiary/aromatic N) is 2. The molecule has 2 amide bonds. The molecule has 1 aliphatic rings. The summed E-state index contributed by atoms with van der Waals surface area (Å²) in [4.78, 5) is 30.1. The minimum Gasteiger partial charge on any atom is -0.333 e. The van der Waals surface area contributed by atoms with E-state index in [-0.39, 0.29) is 18.4 Å². The zero-order valence-corrected chi connectivity index (χ0v) is 14.6. The number of benzene rings is 1. The highest BCUT2D eigenvalue weighted by molar-refractivity contribution is 5.94. The summed E-state index contributed by atoms with van der Waals surface area (Å²) in [6.07, 6.45) is 5.14. The molecule has 0 saturated carbocycles. The maximum atomic E-state index is 12.3. The summed E-state index contributed by atoms with van der Waals surface area (Å²) >= 11 is 0. The van der Waals surface area contributed by atoms with Crippen molar-refractivity contribution in [2.45, 2.75) is 25.7 Å². The topological polar surface area (TPSA) is 62.3 Å². The number of anilines is 1. The van der Waals surface area contributed by atoms with Gasteiger partial charge in [0.25, 0.3) is 0 Å². The SMILES string of the molecule is O=C(CN1CCCCCC1=O)Nc1cccc(C#Cc2ccccn2)c1. The van der Waals surface area contributed by atoms with Crippen LogP contribution in [0.3, 0.4) is 0 Å². The zero-order valence-electron chi connectivity index (χ0n) is 14.6. The van der Waals surface area contributed by atoms with E-state index in [1.165, 1.54) is 0 Å². The van der Waals surface area contributed by atoms with Gasteiger partial charge in [-0.15, -0.1) is 0 Å². The number of amides is 2. The molecular weight excluding hydrogens is 326 g/mol. The number of rotatable bonds is 3. The van der Waals surface area contributed by atoms with Gasteiger partial charge in [-0.25, -0.2) is 4.98 Å². The van der Waals surface area contributed by atoms with E-state index in [4.69, 9.17) is 0 Å². The molecule has 0 unspecified atom stereocenters. The minimum atomic E-state index is -0.185. The molecular formula is C21H21N3O2. The Morgan fingerprint density at radius 1 is 1.12 bits per heavy atom. The zero-order chi connectivity index (χ0) is 18.2. The first kappa shape index (κ1) is 17.7. The van der Waals surface area contributed by atoms with Gasteiger partial charge in [-0.2, -0.15) is 0 Å². The third-order valence-corrected chi connectivity index (χ3v) is 4.15. The van der Waals surface area contributed by atoms with E-state index in [0.717, 1.165) is 24.8 Å². The van der Waals surface area contributed by atoms with E-state index < -0.39 is 0 Å². The Kier molecular flexibility index (Phi) is 6.00. The molecule has 5 heteroatoms. The highest BCUT2D eigenvalue weighted by Crippen LogP contribution is 2.13. The van der Waals surface area contributed by atoms with E-state index in [1.807, 2.05) is 42.5 Å². The molecule has 0 bridgehead atoms. The first-order valence-corrected chi connectivity index (χ1v) is 8.81. The second kappa shape index (κ2) is 8.82. The average Bonchev–Trinajstić information content (AvgIpc) is 2.85. The molecule has 1 aromatic carbocycles. The van der Waals surface area contributed by atoms with Gasteiger partial charge in [0.15, 0.2) is 0 Å². The lowest BCUT2D eigenvalue weighted by Crippen LogP contribution is -2.37. The summed E-state index contributed by atoms with van der Waals surface area (Å²) in [6.45, 7) is 0.754. The number of hydrogen-bond donors (Lipinski definition) is 1. The number of carbonyl (C=O) groups excluding carboxylic acids is 2. The molecule has 3 rings (SSSR count). The van der Waals surface area contributed by atoms with Crippen molar-refractivity contribution < 1.29 is 9.59 Å². The number of hydrogen-bond acceptors (Lipinski definition) is 3. The fourth-order valence-electron chi connectivity index (χ4n) is 2.83. The van der Waals surface area contributed by atoms with Crippen LogP contribution < -0.4 is 5.32 Å². The number of nitrogens with one attached hydrogen (secondary N) is 1. The Hall–Kier alpha value is -3.13. The fourth-order valence-corrected chi connectivity index (χ4v) is 2.83. The van der Waals surface area contributed by atoms with Crippen molar-refractivity contribution in [3.8, 4) is 11.8 Å². The molecule has 1 aliphatic heterocycles. The number of carbonyl (C=O) groups is 2. The third-order valence-electron chi connectivity index (χ3n) is 4.15. The van der Waals surface area contributed by atoms with Crippen LogP contribution in [0.15, 0.2) is 48.7 Å². The van der Waals surface area contributed by atoms with Crippen LogP contribution in [0.4, 0.5) is 5.69 Å². The van der Waals surface area contributed by atoms with Crippen molar-refractivity contribution in [1.82, 2.24) is 9.88 Å². The molecule has 26 heavy (non-hydrogen) atoms. The van der Waals surface area contributed by atoms with Gasteiger partial charge >= 0.3 is 0 Å². The Balaban J connectivity index is 1.62. The Bertz CT molecular complexity index is 837. The van der Waals surface area contributed by atoms with Gasteiger partial charge in [-0.05, 0) is 49.1 Å². The van der Waals surface area contributed by atoms with Crippen LogP contribution >= 0.6 is 0 Å². The monoisotopic (exact) mass is 347 g/mol. The van der Waals surface area contributed by atoms with Gasteiger partial charge in [0.05, 0.1) is 6.54 Å². The Morgan fingerprint density at radius 3 is 2.88 bits per heavy atom. The molecule has 1 aromatic heterocycles. The summed E-state index contributed by atoms with van der Waals surface area (Å²) in [6, 6.07) is 12.9. The van der Waals surface area contributed by atoms with E-state index in [0.29, 0.717) is 24.3 Å². The van der Waals surface area contributed by atoms with Crippen molar-refractivity contribution in [3.63, 3.8) is 0 Å². The van der Waals surface area contributed by atoms with Gasteiger partial charge in [-0.1, -0.05) is 24.5 Å². The maximum absolute atomic E-state index is 12.3. The lowest BCUT2D eigenvalue weighted by atomic mass is 10.2. The number of pyridine rings is 1. The van der Waals surface area contributed by atoms with Crippen LogP contribution in [0.1, 0.15) is 36.9 Å². The van der Waals surface area contributed by atoms with E-state index in [1.54, 1.807) is 11.1 Å². The van der Waals surface area contributed by atoms with Crippen LogP contribution in [0.5, 0.6) is 0 Å². The predicted molar refractivity (Wildman–Crippen MR) is 100 cm³/mol. The van der Waals surface area contributed by atoms with Gasteiger partial charge in [-0.3, -0.25) is 9.59 Å². The van der Waals surface area contributed by atoms with Crippen molar-refractivity contribution >= 4 is 17.5 Å². The number of aromatic nitrogens is 1. The van der Waals surface area contributed by atoms with Crippen LogP contribution in [-0.2, 0) is 9.59 Å². The predicted octanol–water partition coefficient (Wildman–Crippen LogP) is 2.82. The van der Waals surface area contributed by atoms with Crippen LogP contribution in [0.25, 0.3) is 0 Å². The summed E-state index contributed by atoms with van der Waals surface area (Å²) in [5, 5.41) is 2.85. The van der Waals surface area contributed by atoms with Crippen molar-refractivity contribution in [3.05, 3.63) is 59.9 Å². The molecule has 2 heterocycles. The van der Waals surface area contributed by atoms with Crippen molar-refractivity contribution in [2.75, 3.05) is 18.4 Å². The quantitative estimate of drug-likeness (QED) is 0.869. The molecule has 2 aromatic rings. The lowest BCUT2D eigenvalue weighted by molar-refractivity contribution is -0.134. The summed E-state index contributed by atoms with van der Waals surface area (Å²) < 4.78 is 0. The maximum Gasteiger partial charge on any atom is 0.243 e. The molecule has 0 spiro atoms. The molecule has 1 fully saturated rings. The molecule has 1 saturated heterocycles. The Morgan fingerprint density at radius 2 is 2.04 bits per heavy atom. The fraction of sp³-hybridized carbons (Fsp3) is 0.286. The largest absolute Gasteiger partial charge is 0.333 e. The van der Waals surface area contributed by atoms with Gasteiger partial charge in [0.1, 0.15) is 5.69 Å². The normalized spacial score (nSPS) is 14.2. The van der Waals surface area contributed by atoms with Gasteiger partial charge < -0.3 is 10.2 Å². The van der Waals surface area contributed by atoms with Gasteiger partial charge in [0, 0.05) is 30.4 Å². The first-order chi connectivity index (χ1) is 12.7. The smallest absolute Gasteiger partial charge is 0.243 e. The first-order valence-electron chi connectivity index (χ1n) is 8.81. The lowest BCUT2D eigenvalue weighted by Gasteiger charge is -2.19. The Labute approximate surface area is 153 Å². The summed E-state index contributed by atoms with van der Waals surface area (Å²) in [7, 11) is 0. The standard InChI is InChI=1S/C21H21N3O2/c25-20(16-24-14-5-1-2-10-21(24)26)23-19-9-6-7-17(15-19)11-12-18-8-3-4-13-22-18/h3-4,6-9,13,15H,1-2,5,10,14,16H2,(H,23,25). The molecule has 0 atom stereocenters. The number of likely N-dealkylation sites (tertiary alicyclic amines) is 1. The highest BCUT2D eigenvalue weighted by atomic mass is 16.2. The van der Waals surface area contributed by atoms with Crippen molar-refractivity contribution in [2.24, 2.45) is 0 Å². The van der Waals surface area contributed by atoms with Gasteiger partial charge in [0.2, 0.25) is 11.8 Å². The van der Waals surface area contributed by atoms with E-state index >= 15 is 0 Å². The van der Waals surface area contributed by atoms with Crippen LogP contribution in [0.2, 0.25) is 0 Å². The average molecular weight is 347 g/mol. The van der Waals surface area contributed by atoms with Crippen LogP contribution in [-0.4, -0.2) is 34.8 Å². The van der Waals surface area contributed by atoms with E-state index in [9.17, 15) is 9.59 Å². The third kappa shape index (κ3) is 5.18. The highest BCUT2D eigenvalue weighted by Gasteiger charge is 2.19. The van der Waals surface area contributed by atoms with Crippen LogP contribution in [0, 0.1) is 11.8 Å². The molecule has 0 aliphatic carbocycles. The molecule has 132 valence electrons. The minimum absolute atomic E-state index is 0.0626. The summed E-state index contributed by atoms with van der Waals surface area (Å²) in [5.41, 5.74) is 2.16. The van der Waals surface area contributed by atoms with Crippen molar-refractivity contribution in [1.29, 1.82) is 0 Å². The second-order valence-electron chi connectivity index (χ2n) is 6.22. The molecule has 1 N–H and O–H groups in total. The molecule has 5 nitrogen and oxygen atoms in total. The van der Waals surface area contributed by atoms with E-state index in [2.05, 4.69) is 22.1 Å². The second-order valence-corrected chi connectivity index (χ2v) is 6.22. The molecule has 0 radical (unpaired) electrons.